The number of aliphatic hydroxyl groups is 1. The molecule has 4 heteroatoms. The van der Waals surface area contributed by atoms with Gasteiger partial charge in [0.2, 0.25) is 0 Å². The van der Waals surface area contributed by atoms with Gasteiger partial charge in [0.05, 0.1) is 13.2 Å². The highest BCUT2D eigenvalue weighted by Crippen LogP contribution is 2.31. The molecule has 1 N–H and O–H groups in total. The summed E-state index contributed by atoms with van der Waals surface area (Å²) in [7, 11) is 1.40. The van der Waals surface area contributed by atoms with Gasteiger partial charge in [-0.15, -0.1) is 0 Å². The van der Waals surface area contributed by atoms with Crippen molar-refractivity contribution >= 4 is 0 Å². The fourth-order valence-corrected chi connectivity index (χ4v) is 2.18. The van der Waals surface area contributed by atoms with Crippen LogP contribution in [0.15, 0.2) is 42.5 Å². The van der Waals surface area contributed by atoms with Crippen molar-refractivity contribution < 1.29 is 19.0 Å². The molecule has 0 saturated heterocycles. The van der Waals surface area contributed by atoms with Crippen molar-refractivity contribution in [1.82, 2.24) is 0 Å². The molecule has 110 valence electrons. The summed E-state index contributed by atoms with van der Waals surface area (Å²) in [4.78, 5) is 0. The number of aliphatic hydroxyl groups excluding tert-OH is 1. The van der Waals surface area contributed by atoms with Crippen LogP contribution in [0.3, 0.4) is 0 Å². The van der Waals surface area contributed by atoms with Gasteiger partial charge in [-0.2, -0.15) is 0 Å². The van der Waals surface area contributed by atoms with Crippen LogP contribution in [0.1, 0.15) is 30.1 Å². The normalized spacial score (nSPS) is 15.6. The van der Waals surface area contributed by atoms with Crippen LogP contribution in [0.25, 0.3) is 0 Å². The minimum Gasteiger partial charge on any atom is -0.494 e. The molecule has 0 amide bonds. The molecule has 3 rings (SSSR count). The summed E-state index contributed by atoms with van der Waals surface area (Å²) in [6, 6.07) is 11.7. The van der Waals surface area contributed by atoms with Crippen LogP contribution in [-0.2, 0) is 0 Å². The van der Waals surface area contributed by atoms with E-state index in [9.17, 15) is 9.50 Å². The Kier molecular flexibility index (Phi) is 3.80. The lowest BCUT2D eigenvalue weighted by atomic mass is 10.0. The van der Waals surface area contributed by atoms with Crippen molar-refractivity contribution in [2.45, 2.75) is 25.0 Å². The molecule has 1 unspecified atom stereocenters. The number of ether oxygens (including phenoxy) is 2. The van der Waals surface area contributed by atoms with E-state index in [-0.39, 0.29) is 5.75 Å². The van der Waals surface area contributed by atoms with E-state index in [4.69, 9.17) is 9.47 Å². The topological polar surface area (TPSA) is 38.7 Å². The molecule has 0 aliphatic heterocycles. The number of methoxy groups -OCH3 is 1. The summed E-state index contributed by atoms with van der Waals surface area (Å²) >= 11 is 0. The van der Waals surface area contributed by atoms with Gasteiger partial charge >= 0.3 is 0 Å². The molecule has 3 nitrogen and oxygen atoms in total. The van der Waals surface area contributed by atoms with Gasteiger partial charge in [0.15, 0.2) is 11.6 Å². The molecule has 0 aromatic heterocycles. The van der Waals surface area contributed by atoms with Gasteiger partial charge < -0.3 is 14.6 Å². The molecule has 1 saturated carbocycles. The molecule has 2 aromatic rings. The molecule has 0 heterocycles. The second-order valence-electron chi connectivity index (χ2n) is 5.19. The quantitative estimate of drug-likeness (QED) is 0.915. The molecule has 0 bridgehead atoms. The first-order chi connectivity index (χ1) is 10.2. The van der Waals surface area contributed by atoms with Crippen LogP contribution < -0.4 is 9.47 Å². The number of rotatable bonds is 5. The summed E-state index contributed by atoms with van der Waals surface area (Å²) in [6.45, 7) is 0. The summed E-state index contributed by atoms with van der Waals surface area (Å²) in [5.74, 6) is 0.430. The van der Waals surface area contributed by atoms with Gasteiger partial charge in [-0.25, -0.2) is 4.39 Å². The van der Waals surface area contributed by atoms with E-state index in [1.807, 2.05) is 24.3 Å². The SMILES string of the molecule is COc1cc(C(O)c2cccc(OC3CC3)c2)ccc1F. The van der Waals surface area contributed by atoms with Crippen LogP contribution in [0, 0.1) is 5.82 Å². The third-order valence-corrected chi connectivity index (χ3v) is 3.49. The molecule has 0 spiro atoms. The molecule has 1 aliphatic carbocycles. The number of hydrogen-bond acceptors (Lipinski definition) is 3. The van der Waals surface area contributed by atoms with Crippen LogP contribution in [0.5, 0.6) is 11.5 Å². The van der Waals surface area contributed by atoms with E-state index in [1.54, 1.807) is 6.07 Å². The summed E-state index contributed by atoms with van der Waals surface area (Å²) in [5, 5.41) is 10.4. The van der Waals surface area contributed by atoms with Crippen LogP contribution in [0.2, 0.25) is 0 Å². The lowest BCUT2D eigenvalue weighted by Crippen LogP contribution is -2.02. The molecule has 1 atom stereocenters. The molecule has 21 heavy (non-hydrogen) atoms. The van der Waals surface area contributed by atoms with Gasteiger partial charge in [-0.1, -0.05) is 18.2 Å². The minimum atomic E-state index is -0.845. The predicted octanol–water partition coefficient (Wildman–Crippen LogP) is 3.46. The largest absolute Gasteiger partial charge is 0.494 e. The first-order valence-electron chi connectivity index (χ1n) is 6.95. The standard InChI is InChI=1S/C17H17FO3/c1-20-16-10-12(5-8-15(16)18)17(19)11-3-2-4-14(9-11)21-13-6-7-13/h2-5,8-10,13,17,19H,6-7H2,1H3. The minimum absolute atomic E-state index is 0.122. The van der Waals surface area contributed by atoms with E-state index in [2.05, 4.69) is 0 Å². The van der Waals surface area contributed by atoms with Gasteiger partial charge in [0.1, 0.15) is 11.9 Å². The van der Waals surface area contributed by atoms with Crippen molar-refractivity contribution in [2.75, 3.05) is 7.11 Å². The van der Waals surface area contributed by atoms with Gasteiger partial charge in [0, 0.05) is 0 Å². The number of hydrogen-bond donors (Lipinski definition) is 1. The third-order valence-electron chi connectivity index (χ3n) is 3.49. The first kappa shape index (κ1) is 13.9. The predicted molar refractivity (Wildman–Crippen MR) is 77.1 cm³/mol. The van der Waals surface area contributed by atoms with Gasteiger partial charge in [-0.05, 0) is 48.2 Å². The number of benzene rings is 2. The molecule has 2 aromatic carbocycles. The zero-order valence-electron chi connectivity index (χ0n) is 11.8. The maximum atomic E-state index is 13.4. The summed E-state index contributed by atoms with van der Waals surface area (Å²) in [5.41, 5.74) is 1.29. The van der Waals surface area contributed by atoms with Crippen LogP contribution in [-0.4, -0.2) is 18.3 Å². The van der Waals surface area contributed by atoms with Crippen LogP contribution >= 0.6 is 0 Å². The van der Waals surface area contributed by atoms with Crippen molar-refractivity contribution in [1.29, 1.82) is 0 Å². The Morgan fingerprint density at radius 1 is 1.14 bits per heavy atom. The maximum Gasteiger partial charge on any atom is 0.165 e. The van der Waals surface area contributed by atoms with Gasteiger partial charge in [-0.3, -0.25) is 0 Å². The molecule has 1 aliphatic rings. The Labute approximate surface area is 122 Å². The Hall–Kier alpha value is -2.07. The smallest absolute Gasteiger partial charge is 0.165 e. The van der Waals surface area contributed by atoms with E-state index >= 15 is 0 Å². The first-order valence-corrected chi connectivity index (χ1v) is 6.95. The fraction of sp³-hybridized carbons (Fsp3) is 0.294. The average molecular weight is 288 g/mol. The molecule has 1 fully saturated rings. The zero-order valence-corrected chi connectivity index (χ0v) is 11.8. The van der Waals surface area contributed by atoms with E-state index < -0.39 is 11.9 Å². The average Bonchev–Trinajstić information content (AvgIpc) is 3.31. The van der Waals surface area contributed by atoms with Crippen LogP contribution in [0.4, 0.5) is 4.39 Å². The second kappa shape index (κ2) is 5.74. The lowest BCUT2D eigenvalue weighted by Gasteiger charge is -2.14. The lowest BCUT2D eigenvalue weighted by molar-refractivity contribution is 0.218. The van der Waals surface area contributed by atoms with Crippen molar-refractivity contribution in [3.63, 3.8) is 0 Å². The third kappa shape index (κ3) is 3.16. The monoisotopic (exact) mass is 288 g/mol. The molecular formula is C17H17FO3. The number of halogens is 1. The maximum absolute atomic E-state index is 13.4. The second-order valence-corrected chi connectivity index (χ2v) is 5.19. The fourth-order valence-electron chi connectivity index (χ4n) is 2.18. The highest BCUT2D eigenvalue weighted by Gasteiger charge is 2.23. The van der Waals surface area contributed by atoms with E-state index in [0.29, 0.717) is 17.2 Å². The highest BCUT2D eigenvalue weighted by molar-refractivity contribution is 5.39. The Morgan fingerprint density at radius 2 is 1.90 bits per heavy atom. The van der Waals surface area contributed by atoms with Crippen molar-refractivity contribution in [2.24, 2.45) is 0 Å². The van der Waals surface area contributed by atoms with Crippen molar-refractivity contribution in [3.05, 3.63) is 59.4 Å². The Morgan fingerprint density at radius 3 is 2.62 bits per heavy atom. The Balaban J connectivity index is 1.85. The Bertz CT molecular complexity index is 638. The molecular weight excluding hydrogens is 271 g/mol. The van der Waals surface area contributed by atoms with Crippen molar-refractivity contribution in [3.8, 4) is 11.5 Å². The zero-order chi connectivity index (χ0) is 14.8. The van der Waals surface area contributed by atoms with E-state index in [0.717, 1.165) is 18.6 Å². The highest BCUT2D eigenvalue weighted by atomic mass is 19.1. The summed E-state index contributed by atoms with van der Waals surface area (Å²) in [6.07, 6.45) is 1.63. The van der Waals surface area contributed by atoms with E-state index in [1.165, 1.54) is 19.2 Å². The summed E-state index contributed by atoms with van der Waals surface area (Å²) < 4.78 is 24.1. The van der Waals surface area contributed by atoms with Gasteiger partial charge in [0.25, 0.3) is 0 Å². The molecule has 0 radical (unpaired) electrons.